The first-order chi connectivity index (χ1) is 8.72. The average Bonchev–Trinajstić information content (AvgIpc) is 2.37. The Morgan fingerprint density at radius 2 is 2.11 bits per heavy atom. The van der Waals surface area contributed by atoms with Gasteiger partial charge in [-0.15, -0.1) is 0 Å². The van der Waals surface area contributed by atoms with Crippen molar-refractivity contribution in [3.63, 3.8) is 0 Å². The molecule has 18 heavy (non-hydrogen) atoms. The number of nitrogens with one attached hydrogen (secondary N) is 1. The second kappa shape index (κ2) is 8.08. The fourth-order valence-corrected chi connectivity index (χ4v) is 1.96. The maximum Gasteiger partial charge on any atom is 0.124 e. The lowest BCUT2D eigenvalue weighted by atomic mass is 10.0. The number of hydrogen-bond donors (Lipinski definition) is 3. The number of para-hydroxylation sites is 1. The SMILES string of the molecule is CCOc1ccccc1C(CN)NC(C)CCO. The molecule has 0 fully saturated rings. The van der Waals surface area contributed by atoms with Crippen LogP contribution in [0.5, 0.6) is 5.75 Å². The summed E-state index contributed by atoms with van der Waals surface area (Å²) in [5.41, 5.74) is 6.91. The van der Waals surface area contributed by atoms with Crippen LogP contribution in [0.25, 0.3) is 0 Å². The second-order valence-electron chi connectivity index (χ2n) is 4.34. The quantitative estimate of drug-likeness (QED) is 0.655. The van der Waals surface area contributed by atoms with Crippen molar-refractivity contribution in [2.24, 2.45) is 5.73 Å². The highest BCUT2D eigenvalue weighted by Crippen LogP contribution is 2.25. The van der Waals surface area contributed by atoms with Crippen molar-refractivity contribution in [2.45, 2.75) is 32.4 Å². The van der Waals surface area contributed by atoms with Gasteiger partial charge < -0.3 is 20.9 Å². The number of aliphatic hydroxyl groups is 1. The second-order valence-corrected chi connectivity index (χ2v) is 4.34. The van der Waals surface area contributed by atoms with Crippen LogP contribution in [0.1, 0.15) is 31.9 Å². The van der Waals surface area contributed by atoms with Gasteiger partial charge in [-0.05, 0) is 26.3 Å². The first-order valence-corrected chi connectivity index (χ1v) is 6.51. The lowest BCUT2D eigenvalue weighted by Gasteiger charge is -2.24. The fraction of sp³-hybridized carbons (Fsp3) is 0.571. The van der Waals surface area contributed by atoms with Crippen LogP contribution >= 0.6 is 0 Å². The van der Waals surface area contributed by atoms with Gasteiger partial charge in [0.15, 0.2) is 0 Å². The van der Waals surface area contributed by atoms with E-state index in [2.05, 4.69) is 5.32 Å². The van der Waals surface area contributed by atoms with Crippen molar-refractivity contribution in [1.82, 2.24) is 5.32 Å². The van der Waals surface area contributed by atoms with Gasteiger partial charge in [0.05, 0.1) is 6.61 Å². The minimum atomic E-state index is 0.0503. The lowest BCUT2D eigenvalue weighted by Crippen LogP contribution is -2.35. The first kappa shape index (κ1) is 15.0. The molecular weight excluding hydrogens is 228 g/mol. The van der Waals surface area contributed by atoms with Gasteiger partial charge >= 0.3 is 0 Å². The Morgan fingerprint density at radius 3 is 2.72 bits per heavy atom. The van der Waals surface area contributed by atoms with Crippen LogP contribution in [0.4, 0.5) is 0 Å². The molecule has 0 saturated carbocycles. The minimum Gasteiger partial charge on any atom is -0.494 e. The molecule has 0 aliphatic rings. The third-order valence-corrected chi connectivity index (χ3v) is 2.88. The van der Waals surface area contributed by atoms with E-state index in [1.54, 1.807) is 0 Å². The third kappa shape index (κ3) is 4.29. The summed E-state index contributed by atoms with van der Waals surface area (Å²) in [6, 6.07) is 8.20. The third-order valence-electron chi connectivity index (χ3n) is 2.88. The Balaban J connectivity index is 2.80. The maximum absolute atomic E-state index is 8.94. The molecular formula is C14H24N2O2. The molecule has 4 nitrogen and oxygen atoms in total. The van der Waals surface area contributed by atoms with Crippen molar-refractivity contribution in [1.29, 1.82) is 0 Å². The number of ether oxygens (including phenoxy) is 1. The molecule has 0 radical (unpaired) electrons. The van der Waals surface area contributed by atoms with E-state index in [0.717, 1.165) is 11.3 Å². The Labute approximate surface area is 109 Å². The molecule has 0 saturated heterocycles. The van der Waals surface area contributed by atoms with Crippen LogP contribution in [0.15, 0.2) is 24.3 Å². The predicted molar refractivity (Wildman–Crippen MR) is 73.7 cm³/mol. The highest BCUT2D eigenvalue weighted by atomic mass is 16.5. The van der Waals surface area contributed by atoms with Gasteiger partial charge in [0.25, 0.3) is 0 Å². The molecule has 2 atom stereocenters. The summed E-state index contributed by atoms with van der Waals surface area (Å²) in [5.74, 6) is 0.874. The Kier molecular flexibility index (Phi) is 6.72. The van der Waals surface area contributed by atoms with E-state index in [1.165, 1.54) is 0 Å². The zero-order valence-corrected chi connectivity index (χ0v) is 11.2. The van der Waals surface area contributed by atoms with E-state index >= 15 is 0 Å². The molecule has 1 rings (SSSR count). The number of rotatable bonds is 8. The topological polar surface area (TPSA) is 67.5 Å². The van der Waals surface area contributed by atoms with Gasteiger partial charge in [-0.1, -0.05) is 18.2 Å². The standard InChI is InChI=1S/C14H24N2O2/c1-3-18-14-7-5-4-6-12(14)13(10-15)16-11(2)8-9-17/h4-7,11,13,16-17H,3,8-10,15H2,1-2H3. The molecule has 0 bridgehead atoms. The van der Waals surface area contributed by atoms with Gasteiger partial charge in [0, 0.05) is 30.8 Å². The molecule has 0 aromatic heterocycles. The summed E-state index contributed by atoms with van der Waals surface area (Å²) >= 11 is 0. The minimum absolute atomic E-state index is 0.0503. The summed E-state index contributed by atoms with van der Waals surface area (Å²) in [6.07, 6.45) is 0.716. The monoisotopic (exact) mass is 252 g/mol. The van der Waals surface area contributed by atoms with Crippen molar-refractivity contribution >= 4 is 0 Å². The van der Waals surface area contributed by atoms with Crippen LogP contribution in [-0.4, -0.2) is 30.9 Å². The molecule has 0 amide bonds. The van der Waals surface area contributed by atoms with Crippen LogP contribution in [-0.2, 0) is 0 Å². The Morgan fingerprint density at radius 1 is 1.39 bits per heavy atom. The van der Waals surface area contributed by atoms with Gasteiger partial charge in [-0.2, -0.15) is 0 Å². The van der Waals surface area contributed by atoms with E-state index in [4.69, 9.17) is 15.6 Å². The van der Waals surface area contributed by atoms with Gasteiger partial charge in [0.1, 0.15) is 5.75 Å². The molecule has 1 aromatic rings. The molecule has 4 heteroatoms. The van der Waals surface area contributed by atoms with Crippen LogP contribution < -0.4 is 15.8 Å². The maximum atomic E-state index is 8.94. The molecule has 1 aromatic carbocycles. The lowest BCUT2D eigenvalue weighted by molar-refractivity contribution is 0.262. The van der Waals surface area contributed by atoms with Gasteiger partial charge in [-0.3, -0.25) is 0 Å². The van der Waals surface area contributed by atoms with E-state index < -0.39 is 0 Å². The molecule has 102 valence electrons. The van der Waals surface area contributed by atoms with E-state index in [-0.39, 0.29) is 18.7 Å². The fourth-order valence-electron chi connectivity index (χ4n) is 1.96. The number of benzene rings is 1. The first-order valence-electron chi connectivity index (χ1n) is 6.51. The summed E-state index contributed by atoms with van der Waals surface area (Å²) in [5, 5.41) is 12.4. The normalized spacial score (nSPS) is 14.2. The van der Waals surface area contributed by atoms with Crippen LogP contribution in [0.2, 0.25) is 0 Å². The van der Waals surface area contributed by atoms with Gasteiger partial charge in [0.2, 0.25) is 0 Å². The van der Waals surface area contributed by atoms with Crippen LogP contribution in [0, 0.1) is 0 Å². The number of nitrogens with two attached hydrogens (primary N) is 1. The number of hydrogen-bond acceptors (Lipinski definition) is 4. The Bertz CT molecular complexity index is 344. The van der Waals surface area contributed by atoms with Crippen molar-refractivity contribution in [3.8, 4) is 5.75 Å². The van der Waals surface area contributed by atoms with Crippen molar-refractivity contribution in [3.05, 3.63) is 29.8 Å². The summed E-state index contributed by atoms with van der Waals surface area (Å²) in [4.78, 5) is 0. The highest BCUT2D eigenvalue weighted by Gasteiger charge is 2.16. The molecule has 0 heterocycles. The molecule has 0 aliphatic heterocycles. The van der Waals surface area contributed by atoms with Crippen molar-refractivity contribution in [2.75, 3.05) is 19.8 Å². The van der Waals surface area contributed by atoms with Gasteiger partial charge in [-0.25, -0.2) is 0 Å². The van der Waals surface area contributed by atoms with Crippen LogP contribution in [0.3, 0.4) is 0 Å². The summed E-state index contributed by atoms with van der Waals surface area (Å²) in [6.45, 7) is 5.33. The predicted octanol–water partition coefficient (Wildman–Crippen LogP) is 1.45. The largest absolute Gasteiger partial charge is 0.494 e. The average molecular weight is 252 g/mol. The summed E-state index contributed by atoms with van der Waals surface area (Å²) in [7, 11) is 0. The zero-order valence-electron chi connectivity index (χ0n) is 11.2. The Hall–Kier alpha value is -1.10. The highest BCUT2D eigenvalue weighted by molar-refractivity contribution is 5.36. The van der Waals surface area contributed by atoms with Crippen molar-refractivity contribution < 1.29 is 9.84 Å². The zero-order chi connectivity index (χ0) is 13.4. The van der Waals surface area contributed by atoms with E-state index in [1.807, 2.05) is 38.1 Å². The molecule has 0 spiro atoms. The smallest absolute Gasteiger partial charge is 0.124 e. The molecule has 2 unspecified atom stereocenters. The molecule has 0 aliphatic carbocycles. The summed E-state index contributed by atoms with van der Waals surface area (Å²) < 4.78 is 5.62. The van der Waals surface area contributed by atoms with E-state index in [0.29, 0.717) is 19.6 Å². The molecule has 4 N–H and O–H groups in total. The van der Waals surface area contributed by atoms with E-state index in [9.17, 15) is 0 Å². The number of aliphatic hydroxyl groups excluding tert-OH is 1.